The molecule has 0 saturated carbocycles. The number of carbonyl (C=O) groups is 1. The molecule has 1 aliphatic heterocycles. The first-order valence-electron chi connectivity index (χ1n) is 12.5. The van der Waals surface area contributed by atoms with E-state index in [0.717, 1.165) is 35.7 Å². The van der Waals surface area contributed by atoms with Crippen LogP contribution in [0.4, 0.5) is 4.79 Å². The zero-order chi connectivity index (χ0) is 25.0. The molecule has 2 aromatic carbocycles. The molecule has 0 spiro atoms. The van der Waals surface area contributed by atoms with Crippen LogP contribution in [0.5, 0.6) is 5.75 Å². The van der Waals surface area contributed by atoms with Gasteiger partial charge in [-0.1, -0.05) is 43.7 Å². The fraction of sp³-hybridized carbons (Fsp3) is 0.448. The van der Waals surface area contributed by atoms with E-state index < -0.39 is 5.60 Å². The third kappa shape index (κ3) is 6.24. The van der Waals surface area contributed by atoms with Gasteiger partial charge in [0.05, 0.1) is 12.3 Å². The van der Waals surface area contributed by atoms with Crippen molar-refractivity contribution < 1.29 is 18.7 Å². The van der Waals surface area contributed by atoms with Crippen LogP contribution in [-0.4, -0.2) is 41.3 Å². The second-order valence-electron chi connectivity index (χ2n) is 10.2. The summed E-state index contributed by atoms with van der Waals surface area (Å²) in [5.41, 5.74) is 2.64. The first-order chi connectivity index (χ1) is 16.7. The average molecular weight is 477 g/mol. The Morgan fingerprint density at radius 1 is 1.09 bits per heavy atom. The van der Waals surface area contributed by atoms with E-state index in [9.17, 15) is 4.79 Å². The number of rotatable bonds is 7. The topological polar surface area (TPSA) is 64.8 Å². The summed E-state index contributed by atoms with van der Waals surface area (Å²) in [6.45, 7) is 11.8. The zero-order valence-electron chi connectivity index (χ0n) is 21.4. The van der Waals surface area contributed by atoms with Gasteiger partial charge < -0.3 is 18.8 Å². The number of aryl methyl sites for hydroxylation is 1. The van der Waals surface area contributed by atoms with Crippen molar-refractivity contribution >= 4 is 6.09 Å². The quantitative estimate of drug-likeness (QED) is 0.383. The van der Waals surface area contributed by atoms with Gasteiger partial charge in [0.1, 0.15) is 17.1 Å². The molecule has 1 saturated heterocycles. The summed E-state index contributed by atoms with van der Waals surface area (Å²) in [6, 6.07) is 18.2. The van der Waals surface area contributed by atoms with E-state index >= 15 is 0 Å². The number of likely N-dealkylation sites (tertiary alicyclic amines) is 1. The molecule has 6 nitrogen and oxygen atoms in total. The highest BCUT2D eigenvalue weighted by atomic mass is 16.6. The summed E-state index contributed by atoms with van der Waals surface area (Å²) in [7, 11) is 0. The summed E-state index contributed by atoms with van der Waals surface area (Å²) in [5, 5.41) is 0. The van der Waals surface area contributed by atoms with Gasteiger partial charge in [-0.2, -0.15) is 0 Å². The van der Waals surface area contributed by atoms with Gasteiger partial charge in [0, 0.05) is 31.0 Å². The van der Waals surface area contributed by atoms with Gasteiger partial charge in [-0.3, -0.25) is 0 Å². The number of hydrogen-bond donors (Lipinski definition) is 0. The fourth-order valence-corrected chi connectivity index (χ4v) is 4.58. The highest BCUT2D eigenvalue weighted by Gasteiger charge is 2.36. The minimum atomic E-state index is -0.483. The first kappa shape index (κ1) is 24.8. The molecule has 0 N–H and O–H groups in total. The Kier molecular flexibility index (Phi) is 7.48. The Labute approximate surface area is 208 Å². The number of aromatic nitrogens is 1. The maximum absolute atomic E-state index is 12.6. The molecule has 35 heavy (non-hydrogen) atoms. The Bertz CT molecular complexity index is 1120. The normalized spacial score (nSPS) is 18.0. The van der Waals surface area contributed by atoms with Crippen molar-refractivity contribution in [2.45, 2.75) is 59.0 Å². The van der Waals surface area contributed by atoms with E-state index in [1.54, 1.807) is 0 Å². The molecule has 1 aromatic heterocycles. The molecule has 2 atom stereocenters. The fourth-order valence-electron chi connectivity index (χ4n) is 4.58. The number of benzene rings is 2. The molecular formula is C29H36N2O4. The Hall–Kier alpha value is -3.28. The van der Waals surface area contributed by atoms with Crippen molar-refractivity contribution in [3.05, 3.63) is 71.6 Å². The van der Waals surface area contributed by atoms with Gasteiger partial charge >= 0.3 is 6.09 Å². The van der Waals surface area contributed by atoms with Crippen LogP contribution in [-0.2, 0) is 11.2 Å². The molecule has 2 heterocycles. The molecule has 3 aromatic rings. The minimum absolute atomic E-state index is 0.225. The van der Waals surface area contributed by atoms with Crippen molar-refractivity contribution in [1.29, 1.82) is 0 Å². The number of carbonyl (C=O) groups excluding carboxylic acids is 1. The molecule has 0 unspecified atom stereocenters. The minimum Gasteiger partial charge on any atom is -0.493 e. The molecule has 1 amide bonds. The van der Waals surface area contributed by atoms with E-state index in [2.05, 4.69) is 24.0 Å². The second kappa shape index (κ2) is 10.5. The zero-order valence-corrected chi connectivity index (χ0v) is 21.4. The smallest absolute Gasteiger partial charge is 0.410 e. The SMILES string of the molecule is CC[C@H]1CN(C(=O)OC(C)(C)C)C[C@H]1c1ccc(OCCc2nc(-c3ccccc3)oc2C)cc1. The lowest BCUT2D eigenvalue weighted by Crippen LogP contribution is -2.35. The first-order valence-corrected chi connectivity index (χ1v) is 12.5. The number of ether oxygens (including phenoxy) is 2. The van der Waals surface area contributed by atoms with Crippen molar-refractivity contribution in [3.8, 4) is 17.2 Å². The Morgan fingerprint density at radius 3 is 2.46 bits per heavy atom. The van der Waals surface area contributed by atoms with Crippen LogP contribution < -0.4 is 4.74 Å². The highest BCUT2D eigenvalue weighted by molar-refractivity contribution is 5.68. The average Bonchev–Trinajstić information content (AvgIpc) is 3.43. The Balaban J connectivity index is 1.33. The maximum atomic E-state index is 12.6. The number of amides is 1. The van der Waals surface area contributed by atoms with Crippen LogP contribution in [0.2, 0.25) is 0 Å². The molecule has 186 valence electrons. The van der Waals surface area contributed by atoms with E-state index in [0.29, 0.717) is 37.3 Å². The molecule has 0 aliphatic carbocycles. The third-order valence-corrected chi connectivity index (χ3v) is 6.45. The summed E-state index contributed by atoms with van der Waals surface area (Å²) in [4.78, 5) is 19.1. The van der Waals surface area contributed by atoms with Crippen LogP contribution in [0.1, 0.15) is 57.1 Å². The van der Waals surface area contributed by atoms with E-state index in [-0.39, 0.29) is 6.09 Å². The number of nitrogens with zero attached hydrogens (tertiary/aromatic N) is 2. The van der Waals surface area contributed by atoms with E-state index in [1.165, 1.54) is 5.56 Å². The summed E-state index contributed by atoms with van der Waals surface area (Å²) >= 11 is 0. The largest absolute Gasteiger partial charge is 0.493 e. The summed E-state index contributed by atoms with van der Waals surface area (Å²) in [6.07, 6.45) is 1.47. The molecule has 6 heteroatoms. The number of hydrogen-bond acceptors (Lipinski definition) is 5. The standard InChI is InChI=1S/C29H36N2O4/c1-6-21-18-31(28(32)35-29(3,4)5)19-25(21)22-12-14-24(15-13-22)33-17-16-26-20(2)34-27(30-26)23-10-8-7-9-11-23/h7-15,21,25H,6,16-19H2,1-5H3/t21-,25+/m0/s1. The van der Waals surface area contributed by atoms with Crippen LogP contribution in [0, 0.1) is 12.8 Å². The summed E-state index contributed by atoms with van der Waals surface area (Å²) < 4.78 is 17.4. The molecule has 1 fully saturated rings. The predicted octanol–water partition coefficient (Wildman–Crippen LogP) is 6.63. The highest BCUT2D eigenvalue weighted by Crippen LogP contribution is 2.36. The lowest BCUT2D eigenvalue weighted by atomic mass is 9.87. The van der Waals surface area contributed by atoms with Gasteiger partial charge in [0.2, 0.25) is 5.89 Å². The summed E-state index contributed by atoms with van der Waals surface area (Å²) in [5.74, 6) is 3.02. The van der Waals surface area contributed by atoms with Crippen LogP contribution in [0.3, 0.4) is 0 Å². The van der Waals surface area contributed by atoms with Crippen molar-refractivity contribution in [1.82, 2.24) is 9.88 Å². The van der Waals surface area contributed by atoms with Crippen LogP contribution in [0.25, 0.3) is 11.5 Å². The van der Waals surface area contributed by atoms with Gasteiger partial charge in [0.25, 0.3) is 0 Å². The second-order valence-corrected chi connectivity index (χ2v) is 10.2. The lowest BCUT2D eigenvalue weighted by molar-refractivity contribution is 0.0286. The molecular weight excluding hydrogens is 440 g/mol. The molecule has 4 rings (SSSR count). The lowest BCUT2D eigenvalue weighted by Gasteiger charge is -2.24. The van der Waals surface area contributed by atoms with Gasteiger partial charge in [-0.15, -0.1) is 0 Å². The van der Waals surface area contributed by atoms with Crippen molar-refractivity contribution in [2.24, 2.45) is 5.92 Å². The maximum Gasteiger partial charge on any atom is 0.410 e. The van der Waals surface area contributed by atoms with Crippen LogP contribution >= 0.6 is 0 Å². The van der Waals surface area contributed by atoms with Gasteiger partial charge in [0.15, 0.2) is 0 Å². The third-order valence-electron chi connectivity index (χ3n) is 6.45. The monoisotopic (exact) mass is 476 g/mol. The van der Waals surface area contributed by atoms with E-state index in [4.69, 9.17) is 13.9 Å². The van der Waals surface area contributed by atoms with Gasteiger partial charge in [-0.05, 0) is 63.4 Å². The Morgan fingerprint density at radius 2 is 1.80 bits per heavy atom. The predicted molar refractivity (Wildman–Crippen MR) is 137 cm³/mol. The van der Waals surface area contributed by atoms with E-state index in [1.807, 2.05) is 75.1 Å². The number of oxazole rings is 1. The van der Waals surface area contributed by atoms with Crippen molar-refractivity contribution in [2.75, 3.05) is 19.7 Å². The molecule has 1 aliphatic rings. The van der Waals surface area contributed by atoms with Gasteiger partial charge in [-0.25, -0.2) is 9.78 Å². The van der Waals surface area contributed by atoms with Crippen molar-refractivity contribution in [3.63, 3.8) is 0 Å². The molecule has 0 radical (unpaired) electrons. The molecule has 0 bridgehead atoms. The van der Waals surface area contributed by atoms with Crippen LogP contribution in [0.15, 0.2) is 59.0 Å².